The molecule has 1 rings (SSSR count). The third-order valence-corrected chi connectivity index (χ3v) is 2.67. The number of carboxylic acids is 1. The fourth-order valence-corrected chi connectivity index (χ4v) is 1.75. The lowest BCUT2D eigenvalue weighted by atomic mass is 10.0. The van der Waals surface area contributed by atoms with E-state index in [-0.39, 0.29) is 12.3 Å². The summed E-state index contributed by atoms with van der Waals surface area (Å²) >= 11 is 9.77. The standard InChI is InChI=1S/C10H8ClNO2S/c11-4-6-1-2-9(15)7(3-10(13)14)8(6)5-12/h1-2,15H,3-4H2,(H,13,14). The van der Waals surface area contributed by atoms with Gasteiger partial charge in [0.1, 0.15) is 0 Å². The number of nitriles is 1. The van der Waals surface area contributed by atoms with Crippen LogP contribution in [0.4, 0.5) is 0 Å². The summed E-state index contributed by atoms with van der Waals surface area (Å²) < 4.78 is 0. The van der Waals surface area contributed by atoms with Gasteiger partial charge in [0, 0.05) is 10.8 Å². The van der Waals surface area contributed by atoms with Crippen molar-refractivity contribution in [2.24, 2.45) is 0 Å². The second-order valence-electron chi connectivity index (χ2n) is 2.91. The molecule has 0 saturated heterocycles. The summed E-state index contributed by atoms with van der Waals surface area (Å²) in [5, 5.41) is 17.6. The van der Waals surface area contributed by atoms with Gasteiger partial charge in [0.25, 0.3) is 0 Å². The molecule has 0 aliphatic heterocycles. The van der Waals surface area contributed by atoms with E-state index < -0.39 is 5.97 Å². The van der Waals surface area contributed by atoms with Gasteiger partial charge in [-0.25, -0.2) is 0 Å². The van der Waals surface area contributed by atoms with Crippen molar-refractivity contribution in [1.82, 2.24) is 0 Å². The summed E-state index contributed by atoms with van der Waals surface area (Å²) in [6, 6.07) is 5.30. The molecule has 0 unspecified atom stereocenters. The Morgan fingerprint density at radius 1 is 1.60 bits per heavy atom. The minimum absolute atomic E-state index is 0.184. The fourth-order valence-electron chi connectivity index (χ4n) is 1.27. The molecular weight excluding hydrogens is 234 g/mol. The van der Waals surface area contributed by atoms with E-state index in [1.807, 2.05) is 6.07 Å². The van der Waals surface area contributed by atoms with Gasteiger partial charge in [0.15, 0.2) is 0 Å². The van der Waals surface area contributed by atoms with Gasteiger partial charge < -0.3 is 5.11 Å². The number of carboxylic acid groups (broad SMARTS) is 1. The number of aliphatic carboxylic acids is 1. The molecular formula is C10H8ClNO2S. The zero-order chi connectivity index (χ0) is 11.4. The summed E-state index contributed by atoms with van der Waals surface area (Å²) in [6.45, 7) is 0. The van der Waals surface area contributed by atoms with Crippen LogP contribution in [-0.2, 0) is 17.1 Å². The molecule has 0 fully saturated rings. The van der Waals surface area contributed by atoms with Gasteiger partial charge in [-0.05, 0) is 17.2 Å². The van der Waals surface area contributed by atoms with Crippen LogP contribution in [0.25, 0.3) is 0 Å². The molecule has 3 nitrogen and oxygen atoms in total. The van der Waals surface area contributed by atoms with Crippen molar-refractivity contribution in [3.8, 4) is 6.07 Å². The van der Waals surface area contributed by atoms with Gasteiger partial charge in [-0.1, -0.05) is 6.07 Å². The number of carbonyl (C=O) groups is 1. The first-order valence-electron chi connectivity index (χ1n) is 4.11. The highest BCUT2D eigenvalue weighted by Gasteiger charge is 2.13. The normalized spacial score (nSPS) is 9.67. The van der Waals surface area contributed by atoms with E-state index in [9.17, 15) is 4.79 Å². The number of thiol groups is 1. The Morgan fingerprint density at radius 2 is 2.27 bits per heavy atom. The minimum atomic E-state index is -0.992. The Labute approximate surface area is 97.7 Å². The lowest BCUT2D eigenvalue weighted by molar-refractivity contribution is -0.136. The van der Waals surface area contributed by atoms with E-state index in [4.69, 9.17) is 22.0 Å². The number of halogens is 1. The molecule has 0 radical (unpaired) electrons. The van der Waals surface area contributed by atoms with Gasteiger partial charge in [0.05, 0.1) is 18.1 Å². The molecule has 0 aliphatic carbocycles. The molecule has 1 N–H and O–H groups in total. The third-order valence-electron chi connectivity index (χ3n) is 1.96. The van der Waals surface area contributed by atoms with Crippen LogP contribution in [0.5, 0.6) is 0 Å². The molecule has 78 valence electrons. The first kappa shape index (κ1) is 11.9. The Balaban J connectivity index is 3.33. The molecule has 1 aromatic carbocycles. The zero-order valence-electron chi connectivity index (χ0n) is 7.70. The van der Waals surface area contributed by atoms with Gasteiger partial charge in [-0.2, -0.15) is 5.26 Å². The van der Waals surface area contributed by atoms with Crippen LogP contribution >= 0.6 is 24.2 Å². The van der Waals surface area contributed by atoms with E-state index in [1.54, 1.807) is 12.1 Å². The highest BCUT2D eigenvalue weighted by molar-refractivity contribution is 7.80. The van der Waals surface area contributed by atoms with Crippen molar-refractivity contribution in [2.75, 3.05) is 0 Å². The number of rotatable bonds is 3. The first-order chi connectivity index (χ1) is 7.10. The van der Waals surface area contributed by atoms with E-state index >= 15 is 0 Å². The summed E-state index contributed by atoms with van der Waals surface area (Å²) in [6.07, 6.45) is -0.216. The van der Waals surface area contributed by atoms with Crippen LogP contribution in [-0.4, -0.2) is 11.1 Å². The third kappa shape index (κ3) is 2.65. The van der Waals surface area contributed by atoms with E-state index in [0.717, 1.165) is 0 Å². The van der Waals surface area contributed by atoms with E-state index in [1.165, 1.54) is 0 Å². The highest BCUT2D eigenvalue weighted by Crippen LogP contribution is 2.23. The molecule has 1 aromatic rings. The molecule has 0 atom stereocenters. The number of nitrogens with zero attached hydrogens (tertiary/aromatic N) is 1. The number of benzene rings is 1. The number of hydrogen-bond acceptors (Lipinski definition) is 3. The van der Waals surface area contributed by atoms with E-state index in [2.05, 4.69) is 12.6 Å². The topological polar surface area (TPSA) is 61.1 Å². The lowest BCUT2D eigenvalue weighted by Crippen LogP contribution is -2.05. The molecule has 0 bridgehead atoms. The molecule has 0 aliphatic rings. The Bertz CT molecular complexity index is 440. The molecule has 0 aromatic heterocycles. The van der Waals surface area contributed by atoms with Gasteiger partial charge in [-0.15, -0.1) is 24.2 Å². The Kier molecular flexibility index (Phi) is 4.01. The molecule has 0 spiro atoms. The fraction of sp³-hybridized carbons (Fsp3) is 0.200. The summed E-state index contributed by atoms with van der Waals surface area (Å²) in [4.78, 5) is 11.1. The quantitative estimate of drug-likeness (QED) is 0.630. The molecule has 0 saturated carbocycles. The largest absolute Gasteiger partial charge is 0.481 e. The lowest BCUT2D eigenvalue weighted by Gasteiger charge is -2.08. The van der Waals surface area contributed by atoms with Crippen molar-refractivity contribution in [3.63, 3.8) is 0 Å². The highest BCUT2D eigenvalue weighted by atomic mass is 35.5. The van der Waals surface area contributed by atoms with Crippen LogP contribution in [0.1, 0.15) is 16.7 Å². The predicted octanol–water partition coefficient (Wildman–Crippen LogP) is 2.21. The van der Waals surface area contributed by atoms with Crippen LogP contribution < -0.4 is 0 Å². The van der Waals surface area contributed by atoms with Crippen LogP contribution in [0.3, 0.4) is 0 Å². The average molecular weight is 242 g/mol. The van der Waals surface area contributed by atoms with Crippen LogP contribution in [0.2, 0.25) is 0 Å². The Hall–Kier alpha value is -1.18. The van der Waals surface area contributed by atoms with Gasteiger partial charge >= 0.3 is 5.97 Å². The minimum Gasteiger partial charge on any atom is -0.481 e. The smallest absolute Gasteiger partial charge is 0.307 e. The SMILES string of the molecule is N#Cc1c(CCl)ccc(S)c1CC(=O)O. The first-order valence-corrected chi connectivity index (χ1v) is 5.10. The van der Waals surface area contributed by atoms with Crippen molar-refractivity contribution in [1.29, 1.82) is 5.26 Å². The number of alkyl halides is 1. The Morgan fingerprint density at radius 3 is 2.73 bits per heavy atom. The van der Waals surface area contributed by atoms with Crippen molar-refractivity contribution in [2.45, 2.75) is 17.2 Å². The number of hydrogen-bond donors (Lipinski definition) is 2. The maximum atomic E-state index is 10.6. The molecule has 5 heteroatoms. The summed E-state index contributed by atoms with van der Waals surface area (Å²) in [5.41, 5.74) is 1.37. The van der Waals surface area contributed by atoms with Crippen molar-refractivity contribution >= 4 is 30.2 Å². The maximum absolute atomic E-state index is 10.6. The second kappa shape index (κ2) is 5.06. The summed E-state index contributed by atoms with van der Waals surface area (Å²) in [7, 11) is 0. The molecule has 15 heavy (non-hydrogen) atoms. The zero-order valence-corrected chi connectivity index (χ0v) is 9.35. The van der Waals surface area contributed by atoms with Crippen LogP contribution in [0.15, 0.2) is 17.0 Å². The maximum Gasteiger partial charge on any atom is 0.307 e. The van der Waals surface area contributed by atoms with Gasteiger partial charge in [0.2, 0.25) is 0 Å². The van der Waals surface area contributed by atoms with Crippen molar-refractivity contribution < 1.29 is 9.90 Å². The average Bonchev–Trinajstić information content (AvgIpc) is 2.20. The second-order valence-corrected chi connectivity index (χ2v) is 3.66. The summed E-state index contributed by atoms with van der Waals surface area (Å²) in [5.74, 6) is -0.808. The molecule has 0 heterocycles. The van der Waals surface area contributed by atoms with E-state index in [0.29, 0.717) is 21.6 Å². The van der Waals surface area contributed by atoms with Crippen LogP contribution in [0, 0.1) is 11.3 Å². The monoisotopic (exact) mass is 241 g/mol. The van der Waals surface area contributed by atoms with Crippen molar-refractivity contribution in [3.05, 3.63) is 28.8 Å². The predicted molar refractivity (Wildman–Crippen MR) is 59.3 cm³/mol. The molecule has 0 amide bonds. The van der Waals surface area contributed by atoms with Gasteiger partial charge in [-0.3, -0.25) is 4.79 Å².